The lowest BCUT2D eigenvalue weighted by Gasteiger charge is -2.36. The van der Waals surface area contributed by atoms with Gasteiger partial charge in [0.15, 0.2) is 0 Å². The molecule has 23 heavy (non-hydrogen) atoms. The Bertz CT molecular complexity index is 746. The number of nitrogens with zero attached hydrogens (tertiary/aromatic N) is 4. The SMILES string of the molecule is Cc1n[nH]c(C)c1N1CCN(C(=O)c2cccc(C#N)c2)CC1. The molecule has 0 bridgehead atoms. The van der Waals surface area contributed by atoms with Crippen molar-refractivity contribution in [3.8, 4) is 6.07 Å². The molecule has 2 heterocycles. The first-order chi connectivity index (χ1) is 11.1. The summed E-state index contributed by atoms with van der Waals surface area (Å²) in [5, 5.41) is 16.2. The predicted octanol–water partition coefficient (Wildman–Crippen LogP) is 1.86. The van der Waals surface area contributed by atoms with Gasteiger partial charge in [0.25, 0.3) is 5.91 Å². The molecule has 6 heteroatoms. The number of rotatable bonds is 2. The van der Waals surface area contributed by atoms with Crippen LogP contribution in [-0.4, -0.2) is 47.2 Å². The van der Waals surface area contributed by atoms with Gasteiger partial charge >= 0.3 is 0 Å². The highest BCUT2D eigenvalue weighted by atomic mass is 16.2. The van der Waals surface area contributed by atoms with Crippen molar-refractivity contribution in [3.05, 3.63) is 46.8 Å². The van der Waals surface area contributed by atoms with Gasteiger partial charge in [-0.2, -0.15) is 10.4 Å². The van der Waals surface area contributed by atoms with E-state index in [-0.39, 0.29) is 5.91 Å². The lowest BCUT2D eigenvalue weighted by atomic mass is 10.1. The maximum absolute atomic E-state index is 12.6. The second-order valence-corrected chi connectivity index (χ2v) is 5.75. The van der Waals surface area contributed by atoms with E-state index in [0.29, 0.717) is 24.2 Å². The van der Waals surface area contributed by atoms with Gasteiger partial charge in [0.2, 0.25) is 0 Å². The summed E-state index contributed by atoms with van der Waals surface area (Å²) < 4.78 is 0. The highest BCUT2D eigenvalue weighted by molar-refractivity contribution is 5.94. The van der Waals surface area contributed by atoms with Gasteiger partial charge in [-0.1, -0.05) is 6.07 Å². The third kappa shape index (κ3) is 2.90. The number of carbonyl (C=O) groups is 1. The van der Waals surface area contributed by atoms with Gasteiger partial charge in [0.05, 0.1) is 28.7 Å². The van der Waals surface area contributed by atoms with Crippen LogP contribution in [-0.2, 0) is 0 Å². The topological polar surface area (TPSA) is 76.0 Å². The van der Waals surface area contributed by atoms with Crippen molar-refractivity contribution in [3.63, 3.8) is 0 Å². The van der Waals surface area contributed by atoms with Crippen molar-refractivity contribution in [1.29, 1.82) is 5.26 Å². The molecule has 6 nitrogen and oxygen atoms in total. The lowest BCUT2D eigenvalue weighted by Crippen LogP contribution is -2.49. The van der Waals surface area contributed by atoms with E-state index in [1.807, 2.05) is 18.7 Å². The van der Waals surface area contributed by atoms with E-state index in [2.05, 4.69) is 21.2 Å². The van der Waals surface area contributed by atoms with Crippen LogP contribution in [0.4, 0.5) is 5.69 Å². The van der Waals surface area contributed by atoms with Crippen molar-refractivity contribution >= 4 is 11.6 Å². The Morgan fingerprint density at radius 2 is 2.00 bits per heavy atom. The standard InChI is InChI=1S/C17H19N5O/c1-12-16(13(2)20-19-12)21-6-8-22(9-7-21)17(23)15-5-3-4-14(10-15)11-18/h3-5,10H,6-9H2,1-2H3,(H,19,20). The number of anilines is 1. The van der Waals surface area contributed by atoms with E-state index in [1.165, 1.54) is 0 Å². The van der Waals surface area contributed by atoms with Crippen molar-refractivity contribution in [2.45, 2.75) is 13.8 Å². The Hall–Kier alpha value is -2.81. The minimum absolute atomic E-state index is 0.0117. The van der Waals surface area contributed by atoms with E-state index in [4.69, 9.17) is 5.26 Å². The number of nitriles is 1. The summed E-state index contributed by atoms with van der Waals surface area (Å²) in [7, 11) is 0. The quantitative estimate of drug-likeness (QED) is 0.918. The Labute approximate surface area is 135 Å². The molecule has 118 valence electrons. The fourth-order valence-corrected chi connectivity index (χ4v) is 3.05. The molecule has 0 aliphatic carbocycles. The smallest absolute Gasteiger partial charge is 0.254 e. The van der Waals surface area contributed by atoms with Crippen LogP contribution < -0.4 is 4.90 Å². The fourth-order valence-electron chi connectivity index (χ4n) is 3.05. The molecule has 1 saturated heterocycles. The minimum Gasteiger partial charge on any atom is -0.365 e. The maximum atomic E-state index is 12.6. The molecule has 0 radical (unpaired) electrons. The van der Waals surface area contributed by atoms with Gasteiger partial charge in [-0.25, -0.2) is 0 Å². The first-order valence-corrected chi connectivity index (χ1v) is 7.66. The average Bonchev–Trinajstić information content (AvgIpc) is 2.93. The molecule has 2 aromatic rings. The molecule has 1 fully saturated rings. The number of hydrogen-bond acceptors (Lipinski definition) is 4. The summed E-state index contributed by atoms with van der Waals surface area (Å²) in [6.45, 7) is 6.90. The monoisotopic (exact) mass is 309 g/mol. The summed E-state index contributed by atoms with van der Waals surface area (Å²) in [6, 6.07) is 8.95. The number of benzene rings is 1. The van der Waals surface area contributed by atoms with Gasteiger partial charge in [-0.3, -0.25) is 9.89 Å². The molecule has 1 aromatic carbocycles. The van der Waals surface area contributed by atoms with Gasteiger partial charge in [0, 0.05) is 31.7 Å². The molecule has 1 amide bonds. The third-order valence-electron chi connectivity index (χ3n) is 4.21. The second kappa shape index (κ2) is 6.13. The van der Waals surface area contributed by atoms with Crippen LogP contribution in [0, 0.1) is 25.2 Å². The van der Waals surface area contributed by atoms with Crippen molar-refractivity contribution in [2.24, 2.45) is 0 Å². The second-order valence-electron chi connectivity index (χ2n) is 5.75. The van der Waals surface area contributed by atoms with Crippen molar-refractivity contribution in [2.75, 3.05) is 31.1 Å². The summed E-state index contributed by atoms with van der Waals surface area (Å²) in [6.07, 6.45) is 0. The van der Waals surface area contributed by atoms with Crippen molar-refractivity contribution < 1.29 is 4.79 Å². The molecule has 0 atom stereocenters. The normalized spacial score (nSPS) is 14.7. The highest BCUT2D eigenvalue weighted by Crippen LogP contribution is 2.23. The number of H-pyrrole nitrogens is 1. The molecule has 1 aromatic heterocycles. The van der Waals surface area contributed by atoms with E-state index < -0.39 is 0 Å². The van der Waals surface area contributed by atoms with E-state index in [0.717, 1.165) is 30.2 Å². The lowest BCUT2D eigenvalue weighted by molar-refractivity contribution is 0.0746. The number of hydrogen-bond donors (Lipinski definition) is 1. The number of amides is 1. The largest absolute Gasteiger partial charge is 0.365 e. The highest BCUT2D eigenvalue weighted by Gasteiger charge is 2.24. The Morgan fingerprint density at radius 3 is 2.61 bits per heavy atom. The number of carbonyl (C=O) groups excluding carboxylic acids is 1. The van der Waals surface area contributed by atoms with Gasteiger partial charge in [-0.15, -0.1) is 0 Å². The zero-order chi connectivity index (χ0) is 16.4. The fraction of sp³-hybridized carbons (Fsp3) is 0.353. The molecule has 0 spiro atoms. The van der Waals surface area contributed by atoms with E-state index in [1.54, 1.807) is 24.3 Å². The van der Waals surface area contributed by atoms with Gasteiger partial charge < -0.3 is 9.80 Å². The summed E-state index contributed by atoms with van der Waals surface area (Å²) in [5.74, 6) is -0.0117. The Kier molecular flexibility index (Phi) is 4.02. The number of aromatic amines is 1. The average molecular weight is 309 g/mol. The number of aromatic nitrogens is 2. The first-order valence-electron chi connectivity index (χ1n) is 7.66. The van der Waals surface area contributed by atoms with Crippen LogP contribution in [0.2, 0.25) is 0 Å². The molecular formula is C17H19N5O. The molecular weight excluding hydrogens is 290 g/mol. The van der Waals surface area contributed by atoms with Crippen LogP contribution in [0.5, 0.6) is 0 Å². The number of nitrogens with one attached hydrogen (secondary N) is 1. The molecule has 0 unspecified atom stereocenters. The predicted molar refractivity (Wildman–Crippen MR) is 87.3 cm³/mol. The van der Waals surface area contributed by atoms with Gasteiger partial charge in [0.1, 0.15) is 0 Å². The number of piperazine rings is 1. The van der Waals surface area contributed by atoms with E-state index in [9.17, 15) is 4.79 Å². The van der Waals surface area contributed by atoms with Crippen LogP contribution in [0.25, 0.3) is 0 Å². The maximum Gasteiger partial charge on any atom is 0.254 e. The van der Waals surface area contributed by atoms with Crippen molar-refractivity contribution in [1.82, 2.24) is 15.1 Å². The van der Waals surface area contributed by atoms with Crippen LogP contribution >= 0.6 is 0 Å². The minimum atomic E-state index is -0.0117. The first kappa shape index (κ1) is 15.1. The van der Waals surface area contributed by atoms with Gasteiger partial charge in [-0.05, 0) is 32.0 Å². The molecule has 1 aliphatic rings. The molecule has 1 N–H and O–H groups in total. The molecule has 0 saturated carbocycles. The van der Waals surface area contributed by atoms with Crippen LogP contribution in [0.15, 0.2) is 24.3 Å². The van der Waals surface area contributed by atoms with Crippen LogP contribution in [0.3, 0.4) is 0 Å². The summed E-state index contributed by atoms with van der Waals surface area (Å²) in [4.78, 5) is 16.7. The molecule has 1 aliphatic heterocycles. The Balaban J connectivity index is 1.69. The zero-order valence-corrected chi connectivity index (χ0v) is 13.3. The van der Waals surface area contributed by atoms with Crippen LogP contribution in [0.1, 0.15) is 27.3 Å². The van der Waals surface area contributed by atoms with E-state index >= 15 is 0 Å². The molecule has 3 rings (SSSR count). The third-order valence-corrected chi connectivity index (χ3v) is 4.21. The number of aryl methyl sites for hydroxylation is 2. The summed E-state index contributed by atoms with van der Waals surface area (Å²) in [5.41, 5.74) is 4.28. The Morgan fingerprint density at radius 1 is 1.26 bits per heavy atom. The summed E-state index contributed by atoms with van der Waals surface area (Å²) >= 11 is 0. The zero-order valence-electron chi connectivity index (χ0n) is 13.3.